The molecule has 4 heteroatoms. The number of rotatable bonds is 4. The molecule has 0 aliphatic carbocycles. The Labute approximate surface area is 93.5 Å². The molecule has 0 bridgehead atoms. The summed E-state index contributed by atoms with van der Waals surface area (Å²) in [6.07, 6.45) is 1.43. The Morgan fingerprint density at radius 3 is 2.75 bits per heavy atom. The van der Waals surface area contributed by atoms with E-state index in [1.165, 1.54) is 6.26 Å². The molecule has 84 valence electrons. The van der Waals surface area contributed by atoms with Crippen molar-refractivity contribution in [3.63, 3.8) is 0 Å². The quantitative estimate of drug-likeness (QED) is 0.857. The summed E-state index contributed by atoms with van der Waals surface area (Å²) >= 11 is 0. The minimum atomic E-state index is -0.146. The summed E-state index contributed by atoms with van der Waals surface area (Å²) in [5.74, 6) is 0. The van der Waals surface area contributed by atoms with Crippen LogP contribution in [-0.2, 0) is 6.61 Å². The standard InChI is InChI=1S/C12H13NO3/c1-9(10-5-3-2-4-6-10)16-12-13-11(7-14)8-15-12/h2-6,8-9,14H,7H2,1H3. The zero-order valence-electron chi connectivity index (χ0n) is 8.96. The van der Waals surface area contributed by atoms with Gasteiger partial charge in [0.15, 0.2) is 0 Å². The smallest absolute Gasteiger partial charge is 0.394 e. The molecule has 0 saturated heterocycles. The molecule has 0 amide bonds. The van der Waals surface area contributed by atoms with Crippen molar-refractivity contribution in [1.29, 1.82) is 0 Å². The molecule has 2 aromatic rings. The second kappa shape index (κ2) is 4.81. The summed E-state index contributed by atoms with van der Waals surface area (Å²) in [5.41, 5.74) is 1.52. The monoisotopic (exact) mass is 219 g/mol. The van der Waals surface area contributed by atoms with Gasteiger partial charge in [-0.3, -0.25) is 0 Å². The molecule has 1 unspecified atom stereocenters. The number of oxazole rings is 1. The Bertz CT molecular complexity index is 439. The largest absolute Gasteiger partial charge is 0.442 e. The maximum Gasteiger partial charge on any atom is 0.394 e. The highest BCUT2D eigenvalue weighted by molar-refractivity contribution is 5.17. The third-order valence-electron chi connectivity index (χ3n) is 2.24. The predicted molar refractivity (Wildman–Crippen MR) is 57.9 cm³/mol. The molecule has 1 aromatic carbocycles. The Morgan fingerprint density at radius 2 is 2.12 bits per heavy atom. The number of benzene rings is 1. The minimum Gasteiger partial charge on any atom is -0.442 e. The number of aliphatic hydroxyl groups excluding tert-OH is 1. The first-order valence-electron chi connectivity index (χ1n) is 5.06. The summed E-state index contributed by atoms with van der Waals surface area (Å²) in [7, 11) is 0. The molecule has 0 radical (unpaired) electrons. The van der Waals surface area contributed by atoms with Crippen LogP contribution in [-0.4, -0.2) is 10.1 Å². The lowest BCUT2D eigenvalue weighted by Crippen LogP contribution is -2.02. The zero-order valence-corrected chi connectivity index (χ0v) is 8.96. The highest BCUT2D eigenvalue weighted by atomic mass is 16.6. The van der Waals surface area contributed by atoms with Gasteiger partial charge in [0.05, 0.1) is 6.61 Å². The lowest BCUT2D eigenvalue weighted by molar-refractivity contribution is 0.163. The second-order valence-electron chi connectivity index (χ2n) is 3.43. The van der Waals surface area contributed by atoms with Crippen LogP contribution in [0.2, 0.25) is 0 Å². The van der Waals surface area contributed by atoms with Gasteiger partial charge >= 0.3 is 6.08 Å². The Balaban J connectivity index is 2.05. The first-order valence-corrected chi connectivity index (χ1v) is 5.06. The number of hydrogen-bond donors (Lipinski definition) is 1. The fourth-order valence-corrected chi connectivity index (χ4v) is 1.36. The maximum atomic E-state index is 8.82. The van der Waals surface area contributed by atoms with E-state index in [0.29, 0.717) is 5.69 Å². The lowest BCUT2D eigenvalue weighted by Gasteiger charge is -2.10. The molecule has 0 aliphatic rings. The van der Waals surface area contributed by atoms with E-state index < -0.39 is 0 Å². The van der Waals surface area contributed by atoms with Crippen molar-refractivity contribution in [1.82, 2.24) is 4.98 Å². The number of aliphatic hydroxyl groups is 1. The summed E-state index contributed by atoms with van der Waals surface area (Å²) in [5, 5.41) is 8.82. The van der Waals surface area contributed by atoms with Gasteiger partial charge in [0.1, 0.15) is 18.1 Å². The number of hydrogen-bond acceptors (Lipinski definition) is 4. The Kier molecular flexibility index (Phi) is 3.22. The Hall–Kier alpha value is -1.81. The average Bonchev–Trinajstić information content (AvgIpc) is 2.78. The van der Waals surface area contributed by atoms with E-state index in [0.717, 1.165) is 5.56 Å². The normalized spacial score (nSPS) is 12.4. The van der Waals surface area contributed by atoms with Crippen LogP contribution >= 0.6 is 0 Å². The van der Waals surface area contributed by atoms with Crippen molar-refractivity contribution in [3.8, 4) is 6.08 Å². The zero-order chi connectivity index (χ0) is 11.4. The van der Waals surface area contributed by atoms with E-state index in [2.05, 4.69) is 4.98 Å². The van der Waals surface area contributed by atoms with Gasteiger partial charge in [-0.1, -0.05) is 30.3 Å². The van der Waals surface area contributed by atoms with Crippen molar-refractivity contribution in [2.24, 2.45) is 0 Å². The van der Waals surface area contributed by atoms with Crippen LogP contribution in [0.3, 0.4) is 0 Å². The highest BCUT2D eigenvalue weighted by Crippen LogP contribution is 2.20. The molecule has 0 saturated carbocycles. The summed E-state index contributed by atoms with van der Waals surface area (Å²) in [6, 6.07) is 9.79. The third-order valence-corrected chi connectivity index (χ3v) is 2.24. The van der Waals surface area contributed by atoms with Gasteiger partial charge in [-0.2, -0.15) is 4.98 Å². The number of aromatic nitrogens is 1. The predicted octanol–water partition coefficient (Wildman–Crippen LogP) is 2.31. The van der Waals surface area contributed by atoms with Crippen molar-refractivity contribution in [2.45, 2.75) is 19.6 Å². The first-order chi connectivity index (χ1) is 7.79. The number of ether oxygens (including phenoxy) is 1. The second-order valence-corrected chi connectivity index (χ2v) is 3.43. The molecule has 2 rings (SSSR count). The molecule has 1 heterocycles. The van der Waals surface area contributed by atoms with Crippen LogP contribution in [0.15, 0.2) is 41.0 Å². The van der Waals surface area contributed by atoms with Crippen molar-refractivity contribution in [3.05, 3.63) is 47.9 Å². The summed E-state index contributed by atoms with van der Waals surface area (Å²) in [6.45, 7) is 1.77. The number of nitrogens with zero attached hydrogens (tertiary/aromatic N) is 1. The molecule has 4 nitrogen and oxygen atoms in total. The van der Waals surface area contributed by atoms with Gasteiger partial charge in [-0.05, 0) is 12.5 Å². The first kappa shape index (κ1) is 10.7. The van der Waals surface area contributed by atoms with E-state index in [-0.39, 0.29) is 18.8 Å². The fraction of sp³-hybridized carbons (Fsp3) is 0.250. The van der Waals surface area contributed by atoms with Gasteiger partial charge in [0.25, 0.3) is 0 Å². The van der Waals surface area contributed by atoms with Gasteiger partial charge in [0.2, 0.25) is 0 Å². The van der Waals surface area contributed by atoms with Crippen molar-refractivity contribution < 1.29 is 14.3 Å². The molecule has 0 spiro atoms. The van der Waals surface area contributed by atoms with E-state index >= 15 is 0 Å². The van der Waals surface area contributed by atoms with Crippen LogP contribution in [0, 0.1) is 0 Å². The van der Waals surface area contributed by atoms with Gasteiger partial charge in [-0.15, -0.1) is 0 Å². The van der Waals surface area contributed by atoms with Crippen LogP contribution in [0.5, 0.6) is 6.08 Å². The van der Waals surface area contributed by atoms with Gasteiger partial charge in [-0.25, -0.2) is 0 Å². The topological polar surface area (TPSA) is 55.5 Å². The average molecular weight is 219 g/mol. The van der Waals surface area contributed by atoms with Crippen LogP contribution in [0.4, 0.5) is 0 Å². The van der Waals surface area contributed by atoms with E-state index in [1.807, 2.05) is 37.3 Å². The fourth-order valence-electron chi connectivity index (χ4n) is 1.36. The molecular weight excluding hydrogens is 206 g/mol. The van der Waals surface area contributed by atoms with Crippen LogP contribution < -0.4 is 4.74 Å². The Morgan fingerprint density at radius 1 is 1.38 bits per heavy atom. The highest BCUT2D eigenvalue weighted by Gasteiger charge is 2.10. The summed E-state index contributed by atoms with van der Waals surface area (Å²) < 4.78 is 10.5. The summed E-state index contributed by atoms with van der Waals surface area (Å²) in [4.78, 5) is 3.96. The SMILES string of the molecule is CC(Oc1nc(CO)co1)c1ccccc1. The van der Waals surface area contributed by atoms with Gasteiger partial charge in [0, 0.05) is 0 Å². The molecule has 16 heavy (non-hydrogen) atoms. The maximum absolute atomic E-state index is 8.82. The molecule has 1 aromatic heterocycles. The van der Waals surface area contributed by atoms with E-state index in [4.69, 9.17) is 14.3 Å². The van der Waals surface area contributed by atoms with Crippen LogP contribution in [0.25, 0.3) is 0 Å². The third kappa shape index (κ3) is 2.41. The van der Waals surface area contributed by atoms with Crippen LogP contribution in [0.1, 0.15) is 24.3 Å². The van der Waals surface area contributed by atoms with E-state index in [1.54, 1.807) is 0 Å². The molecule has 1 atom stereocenters. The minimum absolute atomic E-state index is 0.133. The van der Waals surface area contributed by atoms with Crippen molar-refractivity contribution >= 4 is 0 Å². The lowest BCUT2D eigenvalue weighted by atomic mass is 10.1. The molecule has 1 N–H and O–H groups in total. The molecular formula is C12H13NO3. The molecule has 0 fully saturated rings. The van der Waals surface area contributed by atoms with E-state index in [9.17, 15) is 0 Å². The van der Waals surface area contributed by atoms with Gasteiger partial charge < -0.3 is 14.3 Å². The van der Waals surface area contributed by atoms with Crippen molar-refractivity contribution in [2.75, 3.05) is 0 Å². The molecule has 0 aliphatic heterocycles.